The van der Waals surface area contributed by atoms with E-state index >= 15 is 0 Å². The Morgan fingerprint density at radius 3 is 2.50 bits per heavy atom. The molecule has 1 heterocycles. The highest BCUT2D eigenvalue weighted by Crippen LogP contribution is 2.29. The summed E-state index contributed by atoms with van der Waals surface area (Å²) >= 11 is 13.5. The number of aromatic nitrogens is 1. The number of thioether (sulfide) groups is 1. The van der Waals surface area contributed by atoms with Gasteiger partial charge in [0.25, 0.3) is 0 Å². The van der Waals surface area contributed by atoms with Crippen LogP contribution >= 0.6 is 35.0 Å². The van der Waals surface area contributed by atoms with Crippen LogP contribution in [0.5, 0.6) is 0 Å². The largest absolute Gasteiger partial charge is 0.264 e. The number of pyridine rings is 1. The van der Waals surface area contributed by atoms with E-state index in [-0.39, 0.29) is 0 Å². The van der Waals surface area contributed by atoms with E-state index in [9.17, 15) is 0 Å². The Morgan fingerprint density at radius 2 is 1.95 bits per heavy atom. The molecule has 0 radical (unpaired) electrons. The summed E-state index contributed by atoms with van der Waals surface area (Å²) in [6, 6.07) is 9.10. The lowest BCUT2D eigenvalue weighted by molar-refractivity contribution is 1.32. The molecule has 5 heteroatoms. The zero-order valence-electron chi connectivity index (χ0n) is 11.6. The molecule has 0 N–H and O–H groups in total. The summed E-state index contributed by atoms with van der Waals surface area (Å²) in [6.45, 7) is 4.00. The van der Waals surface area contributed by atoms with Crippen LogP contribution in [0, 0.1) is 0 Å². The second kappa shape index (κ2) is 9.01. The van der Waals surface area contributed by atoms with Gasteiger partial charge in [0.15, 0.2) is 0 Å². The van der Waals surface area contributed by atoms with Crippen molar-refractivity contribution >= 4 is 45.7 Å². The van der Waals surface area contributed by atoms with Crippen molar-refractivity contribution in [3.63, 3.8) is 0 Å². The van der Waals surface area contributed by atoms with E-state index < -0.39 is 0 Å². The second-order valence-corrected chi connectivity index (χ2v) is 5.10. The molecular weight excluding hydrogens is 311 g/mol. The van der Waals surface area contributed by atoms with Crippen molar-refractivity contribution < 1.29 is 0 Å². The number of aliphatic imine (C=N–C) groups is 1. The lowest BCUT2D eigenvalue weighted by Crippen LogP contribution is -1.94. The second-order valence-electron chi connectivity index (χ2n) is 3.46. The van der Waals surface area contributed by atoms with Gasteiger partial charge in [0, 0.05) is 23.0 Å². The third-order valence-electron chi connectivity index (χ3n) is 2.23. The van der Waals surface area contributed by atoms with Crippen molar-refractivity contribution in [3.8, 4) is 0 Å². The predicted molar refractivity (Wildman–Crippen MR) is 91.8 cm³/mol. The van der Waals surface area contributed by atoms with E-state index in [0.29, 0.717) is 15.7 Å². The molecule has 106 valence electrons. The van der Waals surface area contributed by atoms with Crippen LogP contribution < -0.4 is 0 Å². The van der Waals surface area contributed by atoms with Gasteiger partial charge >= 0.3 is 0 Å². The van der Waals surface area contributed by atoms with Crippen molar-refractivity contribution in [2.24, 2.45) is 4.99 Å². The molecule has 1 aromatic heterocycles. The van der Waals surface area contributed by atoms with Gasteiger partial charge in [-0.05, 0) is 36.6 Å². The number of hydrogen-bond donors (Lipinski definition) is 0. The van der Waals surface area contributed by atoms with Crippen molar-refractivity contribution in [3.05, 3.63) is 58.3 Å². The monoisotopic (exact) mass is 326 g/mol. The molecule has 2 aromatic rings. The van der Waals surface area contributed by atoms with E-state index in [1.165, 1.54) is 0 Å². The van der Waals surface area contributed by atoms with E-state index in [0.717, 1.165) is 10.6 Å². The standard InChI is InChI=1S/C13H10Cl2N2S.C2H6/c1-18-13(9-3-2-6-16-8-9)17-12-5-4-10(14)7-11(12)15;1-2/h2-8H,1H3;1-2H3. The molecule has 0 saturated heterocycles. The van der Waals surface area contributed by atoms with Crippen LogP contribution in [0.2, 0.25) is 10.0 Å². The molecule has 0 aliphatic carbocycles. The van der Waals surface area contributed by atoms with E-state index in [2.05, 4.69) is 9.98 Å². The maximum Gasteiger partial charge on any atom is 0.105 e. The molecule has 0 spiro atoms. The summed E-state index contributed by atoms with van der Waals surface area (Å²) in [6.07, 6.45) is 5.48. The van der Waals surface area contributed by atoms with Crippen molar-refractivity contribution in [2.75, 3.05) is 6.26 Å². The lowest BCUT2D eigenvalue weighted by atomic mass is 10.3. The van der Waals surface area contributed by atoms with Gasteiger partial charge in [0.1, 0.15) is 5.04 Å². The third kappa shape index (κ3) is 4.82. The molecule has 1 aromatic carbocycles. The Hall–Kier alpha value is -1.03. The summed E-state index contributed by atoms with van der Waals surface area (Å²) in [4.78, 5) is 8.62. The Balaban J connectivity index is 0.000000956. The summed E-state index contributed by atoms with van der Waals surface area (Å²) in [7, 11) is 0. The molecule has 0 bridgehead atoms. The molecule has 0 unspecified atom stereocenters. The first kappa shape index (κ1) is 17.0. The maximum atomic E-state index is 6.10. The van der Waals surface area contributed by atoms with Gasteiger partial charge in [-0.1, -0.05) is 37.0 Å². The van der Waals surface area contributed by atoms with Crippen LogP contribution in [0.1, 0.15) is 19.4 Å². The van der Waals surface area contributed by atoms with Crippen LogP contribution in [0.3, 0.4) is 0 Å². The average molecular weight is 327 g/mol. The third-order valence-corrected chi connectivity index (χ3v) is 3.49. The first-order valence-electron chi connectivity index (χ1n) is 6.19. The van der Waals surface area contributed by atoms with E-state index in [1.807, 2.05) is 32.2 Å². The van der Waals surface area contributed by atoms with E-state index in [1.54, 1.807) is 42.4 Å². The number of nitrogens with zero attached hydrogens (tertiary/aromatic N) is 2. The number of halogens is 2. The average Bonchev–Trinajstić information content (AvgIpc) is 2.49. The summed E-state index contributed by atoms with van der Waals surface area (Å²) in [5.41, 5.74) is 1.67. The molecule has 20 heavy (non-hydrogen) atoms. The fraction of sp³-hybridized carbons (Fsp3) is 0.200. The Morgan fingerprint density at radius 1 is 1.20 bits per heavy atom. The van der Waals surface area contributed by atoms with Gasteiger partial charge < -0.3 is 0 Å². The topological polar surface area (TPSA) is 25.2 Å². The zero-order valence-corrected chi connectivity index (χ0v) is 13.9. The fourth-order valence-electron chi connectivity index (χ4n) is 1.40. The highest BCUT2D eigenvalue weighted by Gasteiger charge is 2.05. The first-order chi connectivity index (χ1) is 9.70. The van der Waals surface area contributed by atoms with Gasteiger partial charge in [-0.25, -0.2) is 4.99 Å². The van der Waals surface area contributed by atoms with Crippen LogP contribution in [0.4, 0.5) is 5.69 Å². The number of hydrogen-bond acceptors (Lipinski definition) is 3. The van der Waals surface area contributed by atoms with Crippen molar-refractivity contribution in [1.82, 2.24) is 4.98 Å². The molecule has 0 aliphatic heterocycles. The highest BCUT2D eigenvalue weighted by molar-refractivity contribution is 8.13. The van der Waals surface area contributed by atoms with Gasteiger partial charge in [0.05, 0.1) is 10.7 Å². The van der Waals surface area contributed by atoms with Gasteiger partial charge in [-0.2, -0.15) is 0 Å². The van der Waals surface area contributed by atoms with Crippen LogP contribution in [0.15, 0.2) is 47.7 Å². The maximum absolute atomic E-state index is 6.10. The van der Waals surface area contributed by atoms with Crippen LogP contribution in [-0.2, 0) is 0 Å². The smallest absolute Gasteiger partial charge is 0.105 e. The Labute approximate surface area is 134 Å². The molecule has 0 amide bonds. The SMILES string of the molecule is CC.CSC(=Nc1ccc(Cl)cc1Cl)c1cccnc1. The fourth-order valence-corrected chi connectivity index (χ4v) is 2.40. The quantitative estimate of drug-likeness (QED) is 0.510. The Kier molecular flexibility index (Phi) is 7.67. The minimum absolute atomic E-state index is 0.540. The van der Waals surface area contributed by atoms with E-state index in [4.69, 9.17) is 23.2 Å². The summed E-state index contributed by atoms with van der Waals surface area (Å²) < 4.78 is 0. The van der Waals surface area contributed by atoms with Crippen molar-refractivity contribution in [2.45, 2.75) is 13.8 Å². The molecular formula is C15H16Cl2N2S. The number of benzene rings is 1. The molecule has 0 aliphatic rings. The first-order valence-corrected chi connectivity index (χ1v) is 8.17. The molecule has 2 rings (SSSR count). The molecule has 0 saturated carbocycles. The minimum atomic E-state index is 0.540. The highest BCUT2D eigenvalue weighted by atomic mass is 35.5. The summed E-state index contributed by atoms with van der Waals surface area (Å²) in [5.74, 6) is 0. The predicted octanol–water partition coefficient (Wildman–Crippen LogP) is 5.86. The van der Waals surface area contributed by atoms with Gasteiger partial charge in [-0.3, -0.25) is 4.98 Å². The molecule has 2 nitrogen and oxygen atoms in total. The zero-order chi connectivity index (χ0) is 15.0. The lowest BCUT2D eigenvalue weighted by Gasteiger charge is -2.04. The van der Waals surface area contributed by atoms with Crippen LogP contribution in [-0.4, -0.2) is 16.3 Å². The number of rotatable bonds is 2. The Bertz CT molecular complexity index is 571. The van der Waals surface area contributed by atoms with Gasteiger partial charge in [0.2, 0.25) is 0 Å². The normalized spacial score (nSPS) is 10.8. The minimum Gasteiger partial charge on any atom is -0.264 e. The molecule has 0 fully saturated rings. The van der Waals surface area contributed by atoms with Crippen molar-refractivity contribution in [1.29, 1.82) is 0 Å². The molecule has 0 atom stereocenters. The summed E-state index contributed by atoms with van der Waals surface area (Å²) in [5, 5.41) is 2.01. The van der Waals surface area contributed by atoms with Crippen LogP contribution in [0.25, 0.3) is 0 Å². The van der Waals surface area contributed by atoms with Gasteiger partial charge in [-0.15, -0.1) is 11.8 Å².